The van der Waals surface area contributed by atoms with Gasteiger partial charge in [-0.05, 0) is 61.8 Å². The quantitative estimate of drug-likeness (QED) is 0.306. The van der Waals surface area contributed by atoms with Gasteiger partial charge in [-0.2, -0.15) is 0 Å². The molecule has 31 heavy (non-hydrogen) atoms. The molecule has 0 N–H and O–H groups in total. The minimum atomic E-state index is 0.820. The molecule has 0 unspecified atom stereocenters. The lowest BCUT2D eigenvalue weighted by Gasteiger charge is -2.28. The van der Waals surface area contributed by atoms with Gasteiger partial charge in [0.1, 0.15) is 5.75 Å². The van der Waals surface area contributed by atoms with Gasteiger partial charge < -0.3 is 4.74 Å². The van der Waals surface area contributed by atoms with E-state index in [1.54, 1.807) is 0 Å². The maximum absolute atomic E-state index is 5.99. The van der Waals surface area contributed by atoms with Crippen LogP contribution in [0.4, 0.5) is 0 Å². The number of aryl methyl sites for hydroxylation is 1. The maximum Gasteiger partial charge on any atom is 0.119 e. The molecule has 1 saturated carbocycles. The lowest BCUT2D eigenvalue weighted by atomic mass is 9.78. The third-order valence-corrected chi connectivity index (χ3v) is 6.83. The standard InChI is InChI=1S/C28H42N2O/c1-3-5-6-7-11-26-21-30-28(22-29-26)25-16-18-27(19-17-25)31-20-8-10-24-14-12-23(9-4-2)13-15-24/h16-19,21-24H,3-15,20H2,1-2H3. The molecule has 1 fully saturated rings. The first-order valence-corrected chi connectivity index (χ1v) is 12.8. The molecule has 1 aliphatic carbocycles. The van der Waals surface area contributed by atoms with E-state index in [2.05, 4.69) is 48.1 Å². The Morgan fingerprint density at radius 3 is 2.16 bits per heavy atom. The van der Waals surface area contributed by atoms with Crippen LogP contribution in [0.3, 0.4) is 0 Å². The molecule has 3 heteroatoms. The molecular formula is C28H42N2O. The van der Waals surface area contributed by atoms with Crippen LogP contribution in [0.5, 0.6) is 5.75 Å². The van der Waals surface area contributed by atoms with E-state index in [-0.39, 0.29) is 0 Å². The second kappa shape index (κ2) is 13.5. The van der Waals surface area contributed by atoms with Crippen molar-refractivity contribution in [3.63, 3.8) is 0 Å². The van der Waals surface area contributed by atoms with E-state index in [4.69, 9.17) is 4.74 Å². The molecule has 1 aromatic carbocycles. The average molecular weight is 423 g/mol. The molecule has 0 atom stereocenters. The van der Waals surface area contributed by atoms with Crippen LogP contribution in [0, 0.1) is 11.8 Å². The van der Waals surface area contributed by atoms with Crippen LogP contribution in [0.2, 0.25) is 0 Å². The van der Waals surface area contributed by atoms with E-state index in [0.29, 0.717) is 0 Å². The first kappa shape index (κ1) is 23.8. The topological polar surface area (TPSA) is 35.0 Å². The highest BCUT2D eigenvalue weighted by molar-refractivity contribution is 5.58. The zero-order chi connectivity index (χ0) is 21.7. The average Bonchev–Trinajstić information content (AvgIpc) is 2.82. The minimum absolute atomic E-state index is 0.820. The summed E-state index contributed by atoms with van der Waals surface area (Å²) in [4.78, 5) is 9.22. The number of benzene rings is 1. The highest BCUT2D eigenvalue weighted by atomic mass is 16.5. The first-order chi connectivity index (χ1) is 15.3. The molecule has 3 nitrogen and oxygen atoms in total. The van der Waals surface area contributed by atoms with Crippen molar-refractivity contribution in [2.75, 3.05) is 6.61 Å². The van der Waals surface area contributed by atoms with Crippen molar-refractivity contribution in [3.8, 4) is 17.0 Å². The van der Waals surface area contributed by atoms with Gasteiger partial charge in [0.25, 0.3) is 0 Å². The van der Waals surface area contributed by atoms with E-state index in [9.17, 15) is 0 Å². The van der Waals surface area contributed by atoms with Gasteiger partial charge >= 0.3 is 0 Å². The second-order valence-electron chi connectivity index (χ2n) is 9.39. The van der Waals surface area contributed by atoms with E-state index in [1.165, 1.54) is 70.6 Å². The molecular weight excluding hydrogens is 380 g/mol. The van der Waals surface area contributed by atoms with Gasteiger partial charge in [-0.25, -0.2) is 0 Å². The lowest BCUT2D eigenvalue weighted by Crippen LogP contribution is -2.15. The molecule has 3 rings (SSSR count). The second-order valence-corrected chi connectivity index (χ2v) is 9.39. The van der Waals surface area contributed by atoms with Crippen molar-refractivity contribution in [3.05, 3.63) is 42.4 Å². The summed E-state index contributed by atoms with van der Waals surface area (Å²) in [5, 5.41) is 0. The summed E-state index contributed by atoms with van der Waals surface area (Å²) in [5.74, 6) is 2.88. The maximum atomic E-state index is 5.99. The van der Waals surface area contributed by atoms with Gasteiger partial charge in [-0.1, -0.05) is 71.6 Å². The molecule has 0 saturated heterocycles. The van der Waals surface area contributed by atoms with Crippen molar-refractivity contribution >= 4 is 0 Å². The Morgan fingerprint density at radius 2 is 1.52 bits per heavy atom. The molecule has 1 heterocycles. The number of ether oxygens (including phenoxy) is 1. The van der Waals surface area contributed by atoms with Crippen molar-refractivity contribution < 1.29 is 4.74 Å². The third kappa shape index (κ3) is 8.27. The molecule has 0 aliphatic heterocycles. The van der Waals surface area contributed by atoms with Crippen LogP contribution < -0.4 is 4.74 Å². The number of rotatable bonds is 13. The summed E-state index contributed by atoms with van der Waals surface area (Å²) in [6, 6.07) is 8.31. The first-order valence-electron chi connectivity index (χ1n) is 12.8. The number of nitrogens with zero attached hydrogens (tertiary/aromatic N) is 2. The summed E-state index contributed by atoms with van der Waals surface area (Å²) < 4.78 is 5.99. The molecule has 0 spiro atoms. The Morgan fingerprint density at radius 1 is 0.774 bits per heavy atom. The molecule has 1 aliphatic rings. The van der Waals surface area contributed by atoms with Crippen molar-refractivity contribution in [2.45, 2.75) is 97.3 Å². The third-order valence-electron chi connectivity index (χ3n) is 6.83. The molecule has 0 bridgehead atoms. The summed E-state index contributed by atoms with van der Waals surface area (Å²) in [6.07, 6.45) is 20.9. The monoisotopic (exact) mass is 422 g/mol. The fourth-order valence-corrected chi connectivity index (χ4v) is 4.87. The molecule has 0 amide bonds. The Kier molecular flexibility index (Phi) is 10.3. The Bertz CT molecular complexity index is 718. The molecule has 1 aromatic heterocycles. The Labute approximate surface area is 190 Å². The number of aromatic nitrogens is 2. The molecule has 170 valence electrons. The molecule has 0 radical (unpaired) electrons. The lowest BCUT2D eigenvalue weighted by molar-refractivity contribution is 0.230. The predicted octanol–water partition coefficient (Wildman–Crippen LogP) is 8.03. The number of hydrogen-bond acceptors (Lipinski definition) is 3. The predicted molar refractivity (Wildman–Crippen MR) is 130 cm³/mol. The zero-order valence-corrected chi connectivity index (χ0v) is 19.8. The van der Waals surface area contributed by atoms with Crippen molar-refractivity contribution in [1.29, 1.82) is 0 Å². The number of hydrogen-bond donors (Lipinski definition) is 0. The highest BCUT2D eigenvalue weighted by Gasteiger charge is 2.20. The Balaban J connectivity index is 1.35. The van der Waals surface area contributed by atoms with Crippen molar-refractivity contribution in [2.24, 2.45) is 11.8 Å². The normalized spacial score (nSPS) is 18.8. The molecule has 2 aromatic rings. The van der Waals surface area contributed by atoms with Crippen LogP contribution in [0.25, 0.3) is 11.3 Å². The van der Waals surface area contributed by atoms with Gasteiger partial charge in [0.15, 0.2) is 0 Å². The number of unbranched alkanes of at least 4 members (excludes halogenated alkanes) is 3. The largest absolute Gasteiger partial charge is 0.494 e. The zero-order valence-electron chi connectivity index (χ0n) is 19.8. The van der Waals surface area contributed by atoms with Crippen LogP contribution >= 0.6 is 0 Å². The Hall–Kier alpha value is -1.90. The van der Waals surface area contributed by atoms with Crippen LogP contribution in [-0.4, -0.2) is 16.6 Å². The smallest absolute Gasteiger partial charge is 0.119 e. The fourth-order valence-electron chi connectivity index (χ4n) is 4.87. The van der Waals surface area contributed by atoms with Gasteiger partial charge in [-0.15, -0.1) is 0 Å². The summed E-state index contributed by atoms with van der Waals surface area (Å²) in [6.45, 7) is 5.38. The van der Waals surface area contributed by atoms with E-state index < -0.39 is 0 Å². The van der Waals surface area contributed by atoms with Gasteiger partial charge in [-0.3, -0.25) is 9.97 Å². The van der Waals surface area contributed by atoms with Crippen LogP contribution in [0.1, 0.15) is 96.6 Å². The van der Waals surface area contributed by atoms with E-state index in [0.717, 1.165) is 54.0 Å². The summed E-state index contributed by atoms with van der Waals surface area (Å²) in [5.41, 5.74) is 3.13. The summed E-state index contributed by atoms with van der Waals surface area (Å²) in [7, 11) is 0. The van der Waals surface area contributed by atoms with E-state index >= 15 is 0 Å². The van der Waals surface area contributed by atoms with Gasteiger partial charge in [0.2, 0.25) is 0 Å². The fraction of sp³-hybridized carbons (Fsp3) is 0.643. The van der Waals surface area contributed by atoms with Crippen molar-refractivity contribution in [1.82, 2.24) is 9.97 Å². The summed E-state index contributed by atoms with van der Waals surface area (Å²) >= 11 is 0. The van der Waals surface area contributed by atoms with Gasteiger partial charge in [0.05, 0.1) is 24.2 Å². The van der Waals surface area contributed by atoms with E-state index in [1.807, 2.05) is 12.4 Å². The van der Waals surface area contributed by atoms with Crippen LogP contribution in [-0.2, 0) is 6.42 Å². The SMILES string of the molecule is CCCCCCc1cnc(-c2ccc(OCCCC3CCC(CCC)CC3)cc2)cn1. The highest BCUT2D eigenvalue weighted by Crippen LogP contribution is 2.33. The minimum Gasteiger partial charge on any atom is -0.494 e. The van der Waals surface area contributed by atoms with Crippen LogP contribution in [0.15, 0.2) is 36.7 Å². The van der Waals surface area contributed by atoms with Gasteiger partial charge in [0, 0.05) is 11.8 Å².